The van der Waals surface area contributed by atoms with Gasteiger partial charge in [-0.3, -0.25) is 0 Å². The molecular weight excluding hydrogens is 311 g/mol. The van der Waals surface area contributed by atoms with Gasteiger partial charge < -0.3 is 10.6 Å². The SMILES string of the molecule is Cc1ccc(NC(=S)NCc2ccc(Cl)c(Cl)c2)cc1. The number of rotatable bonds is 3. The van der Waals surface area contributed by atoms with Crippen LogP contribution in [-0.2, 0) is 6.54 Å². The van der Waals surface area contributed by atoms with Crippen LogP contribution in [0, 0.1) is 6.92 Å². The van der Waals surface area contributed by atoms with E-state index in [1.165, 1.54) is 5.56 Å². The molecule has 0 saturated carbocycles. The molecule has 0 aliphatic heterocycles. The highest BCUT2D eigenvalue weighted by Gasteiger charge is 2.01. The Morgan fingerprint density at radius 3 is 2.40 bits per heavy atom. The Labute approximate surface area is 134 Å². The molecule has 0 aromatic heterocycles. The highest BCUT2D eigenvalue weighted by atomic mass is 35.5. The van der Waals surface area contributed by atoms with Gasteiger partial charge in [0.05, 0.1) is 10.0 Å². The van der Waals surface area contributed by atoms with Crippen molar-refractivity contribution >= 4 is 46.2 Å². The molecule has 20 heavy (non-hydrogen) atoms. The predicted molar refractivity (Wildman–Crippen MR) is 90.7 cm³/mol. The van der Waals surface area contributed by atoms with Gasteiger partial charge in [0.15, 0.2) is 5.11 Å². The van der Waals surface area contributed by atoms with E-state index in [2.05, 4.69) is 10.6 Å². The molecule has 2 rings (SSSR count). The summed E-state index contributed by atoms with van der Waals surface area (Å²) >= 11 is 17.1. The van der Waals surface area contributed by atoms with E-state index in [0.29, 0.717) is 21.7 Å². The first-order chi connectivity index (χ1) is 9.54. The Kier molecular flexibility index (Phi) is 5.24. The van der Waals surface area contributed by atoms with E-state index in [1.54, 1.807) is 6.07 Å². The zero-order chi connectivity index (χ0) is 14.5. The van der Waals surface area contributed by atoms with Crippen LogP contribution in [-0.4, -0.2) is 5.11 Å². The molecule has 2 N–H and O–H groups in total. The third-order valence-electron chi connectivity index (χ3n) is 2.75. The molecule has 0 heterocycles. The molecule has 104 valence electrons. The molecule has 0 bridgehead atoms. The van der Waals surface area contributed by atoms with E-state index in [4.69, 9.17) is 35.4 Å². The van der Waals surface area contributed by atoms with Crippen molar-refractivity contribution in [3.63, 3.8) is 0 Å². The molecule has 0 spiro atoms. The van der Waals surface area contributed by atoms with Gasteiger partial charge in [0.25, 0.3) is 0 Å². The second-order valence-electron chi connectivity index (χ2n) is 4.42. The summed E-state index contributed by atoms with van der Waals surface area (Å²) in [6, 6.07) is 13.6. The average Bonchev–Trinajstić information content (AvgIpc) is 2.43. The lowest BCUT2D eigenvalue weighted by atomic mass is 10.2. The third kappa shape index (κ3) is 4.37. The van der Waals surface area contributed by atoms with Gasteiger partial charge in [0, 0.05) is 12.2 Å². The average molecular weight is 325 g/mol. The van der Waals surface area contributed by atoms with Crippen LogP contribution < -0.4 is 10.6 Å². The topological polar surface area (TPSA) is 24.1 Å². The van der Waals surface area contributed by atoms with Crippen LogP contribution in [0.25, 0.3) is 0 Å². The lowest BCUT2D eigenvalue weighted by Crippen LogP contribution is -2.27. The van der Waals surface area contributed by atoms with Crippen molar-refractivity contribution in [2.75, 3.05) is 5.32 Å². The Balaban J connectivity index is 1.88. The summed E-state index contributed by atoms with van der Waals surface area (Å²) in [6.07, 6.45) is 0. The standard InChI is InChI=1S/C15H14Cl2N2S/c1-10-2-5-12(6-3-10)19-15(20)18-9-11-4-7-13(16)14(17)8-11/h2-8H,9H2,1H3,(H2,18,19,20). The maximum atomic E-state index is 5.97. The molecule has 5 heteroatoms. The number of nitrogens with one attached hydrogen (secondary N) is 2. The van der Waals surface area contributed by atoms with E-state index >= 15 is 0 Å². The van der Waals surface area contributed by atoms with E-state index < -0.39 is 0 Å². The second-order valence-corrected chi connectivity index (χ2v) is 5.64. The summed E-state index contributed by atoms with van der Waals surface area (Å²) < 4.78 is 0. The maximum Gasteiger partial charge on any atom is 0.171 e. The number of thiocarbonyl (C=S) groups is 1. The minimum atomic E-state index is 0.545. The van der Waals surface area contributed by atoms with Crippen molar-refractivity contribution in [1.82, 2.24) is 5.32 Å². The Morgan fingerprint density at radius 2 is 1.75 bits per heavy atom. The lowest BCUT2D eigenvalue weighted by molar-refractivity contribution is 0.926. The summed E-state index contributed by atoms with van der Waals surface area (Å²) in [5.74, 6) is 0. The molecule has 2 aromatic carbocycles. The van der Waals surface area contributed by atoms with Crippen molar-refractivity contribution in [2.45, 2.75) is 13.5 Å². The van der Waals surface area contributed by atoms with Gasteiger partial charge >= 0.3 is 0 Å². The second kappa shape index (κ2) is 6.93. The van der Waals surface area contributed by atoms with Gasteiger partial charge in [-0.05, 0) is 49.0 Å². The molecule has 0 amide bonds. The van der Waals surface area contributed by atoms with Crippen molar-refractivity contribution < 1.29 is 0 Å². The zero-order valence-electron chi connectivity index (χ0n) is 10.9. The lowest BCUT2D eigenvalue weighted by Gasteiger charge is -2.11. The maximum absolute atomic E-state index is 5.97. The number of halogens is 2. The van der Waals surface area contributed by atoms with Crippen molar-refractivity contribution in [3.05, 3.63) is 63.6 Å². The van der Waals surface area contributed by atoms with E-state index in [1.807, 2.05) is 43.3 Å². The van der Waals surface area contributed by atoms with Crippen LogP contribution in [0.2, 0.25) is 10.0 Å². The summed E-state index contributed by atoms with van der Waals surface area (Å²) in [6.45, 7) is 2.64. The highest BCUT2D eigenvalue weighted by Crippen LogP contribution is 2.22. The first-order valence-corrected chi connectivity index (χ1v) is 7.26. The van der Waals surface area contributed by atoms with Crippen LogP contribution in [0.3, 0.4) is 0 Å². The fourth-order valence-electron chi connectivity index (χ4n) is 1.64. The number of anilines is 1. The van der Waals surface area contributed by atoms with Gasteiger partial charge in [-0.1, -0.05) is 47.0 Å². The van der Waals surface area contributed by atoms with Crippen molar-refractivity contribution in [1.29, 1.82) is 0 Å². The molecule has 0 unspecified atom stereocenters. The fourth-order valence-corrected chi connectivity index (χ4v) is 2.15. The van der Waals surface area contributed by atoms with Gasteiger partial charge in [-0.2, -0.15) is 0 Å². The predicted octanol–water partition coefficient (Wildman–Crippen LogP) is 4.79. The molecule has 0 aliphatic carbocycles. The van der Waals surface area contributed by atoms with Crippen LogP contribution in [0.15, 0.2) is 42.5 Å². The molecular formula is C15H14Cl2N2S. The Morgan fingerprint density at radius 1 is 1.05 bits per heavy atom. The van der Waals surface area contributed by atoms with Crippen LogP contribution in [0.5, 0.6) is 0 Å². The van der Waals surface area contributed by atoms with Gasteiger partial charge in [0.2, 0.25) is 0 Å². The molecule has 0 atom stereocenters. The van der Waals surface area contributed by atoms with Crippen molar-refractivity contribution in [3.8, 4) is 0 Å². The van der Waals surface area contributed by atoms with E-state index in [0.717, 1.165) is 11.3 Å². The normalized spacial score (nSPS) is 10.2. The quantitative estimate of drug-likeness (QED) is 0.794. The van der Waals surface area contributed by atoms with Crippen LogP contribution >= 0.6 is 35.4 Å². The van der Waals surface area contributed by atoms with Crippen LogP contribution in [0.4, 0.5) is 5.69 Å². The zero-order valence-corrected chi connectivity index (χ0v) is 13.2. The van der Waals surface area contributed by atoms with E-state index in [-0.39, 0.29) is 0 Å². The number of hydrogen-bond acceptors (Lipinski definition) is 1. The van der Waals surface area contributed by atoms with E-state index in [9.17, 15) is 0 Å². The number of aryl methyl sites for hydroxylation is 1. The first-order valence-electron chi connectivity index (χ1n) is 6.10. The minimum Gasteiger partial charge on any atom is -0.358 e. The molecule has 0 fully saturated rings. The van der Waals surface area contributed by atoms with Gasteiger partial charge in [0.1, 0.15) is 0 Å². The molecule has 2 nitrogen and oxygen atoms in total. The van der Waals surface area contributed by atoms with Gasteiger partial charge in [-0.15, -0.1) is 0 Å². The summed E-state index contributed by atoms with van der Waals surface area (Å²) in [7, 11) is 0. The first kappa shape index (κ1) is 15.1. The van der Waals surface area contributed by atoms with Crippen LogP contribution in [0.1, 0.15) is 11.1 Å². The van der Waals surface area contributed by atoms with Crippen molar-refractivity contribution in [2.24, 2.45) is 0 Å². The number of hydrogen-bond donors (Lipinski definition) is 2. The molecule has 2 aromatic rings. The molecule has 0 aliphatic rings. The summed E-state index contributed by atoms with van der Waals surface area (Å²) in [5, 5.41) is 7.92. The Bertz CT molecular complexity index is 612. The smallest absolute Gasteiger partial charge is 0.171 e. The summed E-state index contributed by atoms with van der Waals surface area (Å²) in [4.78, 5) is 0. The largest absolute Gasteiger partial charge is 0.358 e. The minimum absolute atomic E-state index is 0.545. The number of benzene rings is 2. The molecule has 0 saturated heterocycles. The third-order valence-corrected chi connectivity index (χ3v) is 3.73. The summed E-state index contributed by atoms with van der Waals surface area (Å²) in [5.41, 5.74) is 3.19. The highest BCUT2D eigenvalue weighted by molar-refractivity contribution is 7.80. The van der Waals surface area contributed by atoms with Gasteiger partial charge in [-0.25, -0.2) is 0 Å². The fraction of sp³-hybridized carbons (Fsp3) is 0.133. The molecule has 0 radical (unpaired) electrons. The Hall–Kier alpha value is -1.29. The monoisotopic (exact) mass is 324 g/mol.